The molecule has 0 atom stereocenters. The van der Waals surface area contributed by atoms with Gasteiger partial charge in [-0.25, -0.2) is 14.8 Å². The lowest BCUT2D eigenvalue weighted by molar-refractivity contribution is 0.288. The number of nitrogens with one attached hydrogen (secondary N) is 3. The van der Waals surface area contributed by atoms with Gasteiger partial charge in [0.2, 0.25) is 17.7 Å². The molecule has 7 rings (SSSR count). The summed E-state index contributed by atoms with van der Waals surface area (Å²) in [7, 11) is 0. The van der Waals surface area contributed by atoms with Crippen molar-refractivity contribution in [2.75, 3.05) is 11.9 Å². The van der Waals surface area contributed by atoms with Gasteiger partial charge in [-0.15, -0.1) is 0 Å². The molecule has 0 bridgehead atoms. The fourth-order valence-corrected chi connectivity index (χ4v) is 4.40. The SMILES string of the molecule is O=c1[nH]c(O)c(C=c2cnn3c(=NC4CC4)nc(NCc4ccccc4-c4ccc(OCC5CC5)nc4)nc23)[nH]1. The maximum absolute atomic E-state index is 11.6. The highest BCUT2D eigenvalue weighted by molar-refractivity contribution is 5.67. The first kappa shape index (κ1) is 24.1. The summed E-state index contributed by atoms with van der Waals surface area (Å²) in [6.07, 6.45) is 9.55. The van der Waals surface area contributed by atoms with Crippen LogP contribution in [0.5, 0.6) is 11.8 Å². The van der Waals surface area contributed by atoms with E-state index in [1.807, 2.05) is 30.5 Å². The average Bonchev–Trinajstić information content (AvgIpc) is 3.89. The average molecular weight is 538 g/mol. The summed E-state index contributed by atoms with van der Waals surface area (Å²) in [6, 6.07) is 12.3. The van der Waals surface area contributed by atoms with Crippen LogP contribution in [0.25, 0.3) is 22.9 Å². The van der Waals surface area contributed by atoms with Crippen LogP contribution in [0.2, 0.25) is 0 Å². The zero-order valence-corrected chi connectivity index (χ0v) is 21.5. The Hall–Kier alpha value is -5.00. The summed E-state index contributed by atoms with van der Waals surface area (Å²) in [4.78, 5) is 35.0. The number of aromatic hydroxyl groups is 1. The van der Waals surface area contributed by atoms with Crippen LogP contribution in [0.15, 0.2) is 58.6 Å². The highest BCUT2D eigenvalue weighted by atomic mass is 16.5. The summed E-state index contributed by atoms with van der Waals surface area (Å²) in [5, 5.41) is 18.4. The third-order valence-electron chi connectivity index (χ3n) is 6.92. The van der Waals surface area contributed by atoms with Crippen LogP contribution >= 0.6 is 0 Å². The van der Waals surface area contributed by atoms with Crippen LogP contribution in [0.3, 0.4) is 0 Å². The van der Waals surface area contributed by atoms with E-state index in [9.17, 15) is 9.90 Å². The van der Waals surface area contributed by atoms with E-state index in [-0.39, 0.29) is 17.6 Å². The van der Waals surface area contributed by atoms with Gasteiger partial charge in [-0.2, -0.15) is 19.6 Å². The number of nitrogens with zero attached hydrogens (tertiary/aromatic N) is 6. The molecule has 0 unspecified atom stereocenters. The van der Waals surface area contributed by atoms with Crippen LogP contribution in [0.1, 0.15) is 36.9 Å². The molecule has 12 nitrogen and oxygen atoms in total. The van der Waals surface area contributed by atoms with Gasteiger partial charge in [0.05, 0.1) is 18.8 Å². The Bertz CT molecular complexity index is 1870. The molecule has 0 amide bonds. The van der Waals surface area contributed by atoms with Crippen LogP contribution in [-0.2, 0) is 6.54 Å². The van der Waals surface area contributed by atoms with Crippen LogP contribution < -0.4 is 26.6 Å². The van der Waals surface area contributed by atoms with Crippen LogP contribution in [-0.4, -0.2) is 52.3 Å². The van der Waals surface area contributed by atoms with E-state index in [1.54, 1.807) is 16.8 Å². The van der Waals surface area contributed by atoms with Crippen LogP contribution in [0.4, 0.5) is 5.95 Å². The summed E-state index contributed by atoms with van der Waals surface area (Å²) in [5.74, 6) is 1.46. The number of aromatic amines is 2. The highest BCUT2D eigenvalue weighted by Crippen LogP contribution is 2.30. The molecule has 2 saturated carbocycles. The molecule has 2 fully saturated rings. The minimum Gasteiger partial charge on any atom is -0.493 e. The van der Waals surface area contributed by atoms with Crippen molar-refractivity contribution < 1.29 is 9.84 Å². The first-order valence-corrected chi connectivity index (χ1v) is 13.3. The summed E-state index contributed by atoms with van der Waals surface area (Å²) in [5.41, 5.74) is 3.76. The normalized spacial score (nSPS) is 16.1. The van der Waals surface area contributed by atoms with Gasteiger partial charge in [0, 0.05) is 29.6 Å². The second-order valence-electron chi connectivity index (χ2n) is 10.2. The van der Waals surface area contributed by atoms with Crippen molar-refractivity contribution in [2.24, 2.45) is 10.9 Å². The summed E-state index contributed by atoms with van der Waals surface area (Å²) >= 11 is 0. The lowest BCUT2D eigenvalue weighted by atomic mass is 10.0. The van der Waals surface area contributed by atoms with E-state index in [0.29, 0.717) is 40.8 Å². The third kappa shape index (κ3) is 5.15. The molecule has 0 saturated heterocycles. The first-order valence-electron chi connectivity index (χ1n) is 13.3. The molecule has 1 aromatic carbocycles. The Kier molecular flexibility index (Phi) is 5.99. The minimum atomic E-state index is -0.504. The fourth-order valence-electron chi connectivity index (χ4n) is 4.40. The molecule has 2 aliphatic carbocycles. The first-order chi connectivity index (χ1) is 19.6. The Balaban J connectivity index is 1.19. The third-order valence-corrected chi connectivity index (χ3v) is 6.92. The fraction of sp³-hybridized carbons (Fsp3) is 0.286. The number of ether oxygens (including phenoxy) is 1. The van der Waals surface area contributed by atoms with Gasteiger partial charge < -0.3 is 20.1 Å². The molecular weight excluding hydrogens is 510 g/mol. The van der Waals surface area contributed by atoms with Gasteiger partial charge in [-0.05, 0) is 54.9 Å². The van der Waals surface area contributed by atoms with E-state index < -0.39 is 5.69 Å². The summed E-state index contributed by atoms with van der Waals surface area (Å²) in [6.45, 7) is 1.20. The van der Waals surface area contributed by atoms with Crippen molar-refractivity contribution in [3.05, 3.63) is 81.4 Å². The predicted molar refractivity (Wildman–Crippen MR) is 146 cm³/mol. The largest absolute Gasteiger partial charge is 0.493 e. The summed E-state index contributed by atoms with van der Waals surface area (Å²) < 4.78 is 7.36. The standard InChI is InChI=1S/C28H27N9O3/c38-25-22(33-28(39)35-25)11-19-14-31-37-24(19)34-26(36-27(37)32-20-8-9-20)30-13-17-3-1-2-4-21(17)18-7-10-23(29-12-18)40-15-16-5-6-16/h1-4,7,10-12,14,16,20,38H,5-6,8-9,13,15H2,(H,30,32,36)(H2,33,35,39). The molecule has 40 heavy (non-hydrogen) atoms. The van der Waals surface area contributed by atoms with Crippen molar-refractivity contribution in [3.63, 3.8) is 0 Å². The number of pyridine rings is 1. The van der Waals surface area contributed by atoms with Gasteiger partial charge >= 0.3 is 5.69 Å². The van der Waals surface area contributed by atoms with Crippen LogP contribution in [0, 0.1) is 5.92 Å². The molecule has 4 aromatic heterocycles. The number of benzene rings is 1. The molecule has 4 N–H and O–H groups in total. The Morgan fingerprint density at radius 1 is 1.10 bits per heavy atom. The lowest BCUT2D eigenvalue weighted by Crippen LogP contribution is -2.24. The molecule has 4 heterocycles. The number of H-pyrrole nitrogens is 2. The lowest BCUT2D eigenvalue weighted by Gasteiger charge is -2.11. The number of hydrogen-bond donors (Lipinski definition) is 4. The number of rotatable bonds is 9. The Morgan fingerprint density at radius 2 is 1.98 bits per heavy atom. The van der Waals surface area contributed by atoms with Gasteiger partial charge in [-0.1, -0.05) is 24.3 Å². The molecule has 5 aromatic rings. The molecule has 0 aliphatic heterocycles. The minimum absolute atomic E-state index is 0.220. The van der Waals surface area contributed by atoms with Crippen molar-refractivity contribution in [3.8, 4) is 22.9 Å². The highest BCUT2D eigenvalue weighted by Gasteiger charge is 2.22. The van der Waals surface area contributed by atoms with E-state index in [2.05, 4.69) is 42.5 Å². The second-order valence-corrected chi connectivity index (χ2v) is 10.2. The zero-order valence-electron chi connectivity index (χ0n) is 21.5. The zero-order chi connectivity index (χ0) is 27.1. The maximum Gasteiger partial charge on any atom is 0.326 e. The van der Waals surface area contributed by atoms with Crippen molar-refractivity contribution in [2.45, 2.75) is 38.3 Å². The van der Waals surface area contributed by atoms with Gasteiger partial charge in [0.25, 0.3) is 5.62 Å². The number of aromatic nitrogens is 7. The van der Waals surface area contributed by atoms with E-state index in [4.69, 9.17) is 14.7 Å². The predicted octanol–water partition coefficient (Wildman–Crippen LogP) is 1.92. The monoisotopic (exact) mass is 537 g/mol. The number of anilines is 1. The Labute approximate surface area is 227 Å². The molecule has 202 valence electrons. The van der Waals surface area contributed by atoms with Gasteiger partial charge in [-0.3, -0.25) is 4.98 Å². The quantitative estimate of drug-likeness (QED) is 0.222. The van der Waals surface area contributed by atoms with E-state index in [1.165, 1.54) is 12.8 Å². The maximum atomic E-state index is 11.6. The van der Waals surface area contributed by atoms with E-state index in [0.717, 1.165) is 36.1 Å². The van der Waals surface area contributed by atoms with Crippen molar-refractivity contribution in [1.82, 2.24) is 34.5 Å². The smallest absolute Gasteiger partial charge is 0.326 e. The molecule has 12 heteroatoms. The molecule has 2 aliphatic rings. The van der Waals surface area contributed by atoms with Crippen molar-refractivity contribution in [1.29, 1.82) is 0 Å². The van der Waals surface area contributed by atoms with E-state index >= 15 is 0 Å². The molecular formula is C28H27N9O3. The number of imidazole rings is 1. The topological polar surface area (TPSA) is 158 Å². The van der Waals surface area contributed by atoms with Gasteiger partial charge in [0.1, 0.15) is 5.69 Å². The number of fused-ring (bicyclic) bond motifs is 1. The second kappa shape index (κ2) is 9.95. The van der Waals surface area contributed by atoms with Gasteiger partial charge in [0.15, 0.2) is 5.65 Å². The van der Waals surface area contributed by atoms with Crippen molar-refractivity contribution >= 4 is 17.7 Å². The molecule has 0 radical (unpaired) electrons. The Morgan fingerprint density at radius 3 is 2.73 bits per heavy atom. The molecule has 0 spiro atoms. The number of hydrogen-bond acceptors (Lipinski definition) is 9.